The van der Waals surface area contributed by atoms with Crippen molar-refractivity contribution >= 4 is 22.2 Å². The molecule has 1 rings (SSSR count). The molecule has 0 spiro atoms. The Balaban J connectivity index is 2.93. The summed E-state index contributed by atoms with van der Waals surface area (Å²) in [6, 6.07) is 0. The van der Waals surface area contributed by atoms with Crippen LogP contribution in [0.4, 0.5) is 0 Å². The van der Waals surface area contributed by atoms with Crippen molar-refractivity contribution < 1.29 is 0 Å². The molecule has 1 aromatic rings. The van der Waals surface area contributed by atoms with Crippen molar-refractivity contribution in [3.63, 3.8) is 0 Å². The molecule has 0 bridgehead atoms. The molecule has 1 N–H and O–H groups in total. The van der Waals surface area contributed by atoms with Gasteiger partial charge in [0.15, 0.2) is 0 Å². The Kier molecular flexibility index (Phi) is 3.49. The minimum absolute atomic E-state index is 1.07. The van der Waals surface area contributed by atoms with E-state index in [4.69, 9.17) is 0 Å². The molecular weight excluding hydrogens is 259 g/mol. The van der Waals surface area contributed by atoms with Crippen LogP contribution in [-0.2, 0) is 0 Å². The summed E-state index contributed by atoms with van der Waals surface area (Å²) in [5.41, 5.74) is 0. The van der Waals surface area contributed by atoms with Gasteiger partial charge < -0.3 is 0 Å². The molecule has 1 aromatic heterocycles. The molecule has 68 valence electrons. The van der Waals surface area contributed by atoms with Gasteiger partial charge in [0.1, 0.15) is 0 Å². The summed E-state index contributed by atoms with van der Waals surface area (Å²) in [7, 11) is 0. The fourth-order valence-corrected chi connectivity index (χ4v) is 10.2. The third-order valence-electron chi connectivity index (χ3n) is 2.85. The van der Waals surface area contributed by atoms with Crippen LogP contribution >= 0.6 is 0 Å². The molecule has 0 saturated heterocycles. The number of H-pyrrole nitrogens is 1. The zero-order valence-corrected chi connectivity index (χ0v) is 10.8. The second-order valence-corrected chi connectivity index (χ2v) is 17.7. The minimum atomic E-state index is -2.12. The van der Waals surface area contributed by atoms with Crippen LogP contribution in [-0.4, -0.2) is 39.0 Å². The molecular formula is C7H16N4Sn. The van der Waals surface area contributed by atoms with Crippen LogP contribution in [0.1, 0.15) is 20.8 Å². The predicted molar refractivity (Wildman–Crippen MR) is 51.0 cm³/mol. The molecule has 5 heteroatoms. The van der Waals surface area contributed by atoms with Gasteiger partial charge in [-0.05, 0) is 0 Å². The molecule has 0 aliphatic rings. The van der Waals surface area contributed by atoms with E-state index >= 15 is 0 Å². The van der Waals surface area contributed by atoms with Crippen LogP contribution in [0.5, 0.6) is 0 Å². The number of tetrazole rings is 1. The van der Waals surface area contributed by atoms with E-state index in [-0.39, 0.29) is 0 Å². The first kappa shape index (κ1) is 9.95. The molecule has 0 atom stereocenters. The first-order valence-corrected chi connectivity index (χ1v) is 12.0. The van der Waals surface area contributed by atoms with E-state index < -0.39 is 18.4 Å². The van der Waals surface area contributed by atoms with Crippen molar-refractivity contribution in [3.8, 4) is 0 Å². The van der Waals surface area contributed by atoms with Crippen molar-refractivity contribution in [1.82, 2.24) is 20.6 Å². The standard InChI is InChI=1S/3C2H5.CHN4.Sn/c3*1-2;1-2-4-5-3-1;/h3*1H2,2H3;(H,2,3,4,5);. The number of nitrogens with one attached hydrogen (secondary N) is 1. The van der Waals surface area contributed by atoms with Crippen molar-refractivity contribution in [2.45, 2.75) is 34.1 Å². The second-order valence-electron chi connectivity index (χ2n) is 3.08. The van der Waals surface area contributed by atoms with Gasteiger partial charge in [0, 0.05) is 0 Å². The van der Waals surface area contributed by atoms with Crippen LogP contribution in [0.2, 0.25) is 13.3 Å². The molecule has 0 aliphatic heterocycles. The first-order chi connectivity index (χ1) is 5.79. The average Bonchev–Trinajstić information content (AvgIpc) is 2.62. The van der Waals surface area contributed by atoms with E-state index in [1.165, 1.54) is 13.3 Å². The van der Waals surface area contributed by atoms with Gasteiger partial charge in [-0.2, -0.15) is 0 Å². The quantitative estimate of drug-likeness (QED) is 0.831. The Morgan fingerprint density at radius 2 is 1.75 bits per heavy atom. The molecule has 0 amide bonds. The summed E-state index contributed by atoms with van der Waals surface area (Å²) in [6.07, 6.45) is 0. The van der Waals surface area contributed by atoms with Crippen LogP contribution in [0.3, 0.4) is 0 Å². The number of nitrogens with zero attached hydrogens (tertiary/aromatic N) is 3. The van der Waals surface area contributed by atoms with Crippen LogP contribution in [0.25, 0.3) is 0 Å². The number of rotatable bonds is 4. The summed E-state index contributed by atoms with van der Waals surface area (Å²) >= 11 is -2.12. The Labute approximate surface area is 77.0 Å². The number of aromatic amines is 1. The zero-order valence-electron chi connectivity index (χ0n) is 7.96. The molecule has 0 aliphatic carbocycles. The second kappa shape index (κ2) is 4.20. The summed E-state index contributed by atoms with van der Waals surface area (Å²) in [5.74, 6) is 0. The maximum absolute atomic E-state index is 4.15. The third-order valence-corrected chi connectivity index (χ3v) is 17.8. The van der Waals surface area contributed by atoms with Gasteiger partial charge in [-0.3, -0.25) is 0 Å². The molecule has 0 fully saturated rings. The molecule has 0 saturated carbocycles. The van der Waals surface area contributed by atoms with E-state index in [2.05, 4.69) is 41.4 Å². The Hall–Kier alpha value is -0.131. The van der Waals surface area contributed by atoms with E-state index in [1.807, 2.05) is 0 Å². The van der Waals surface area contributed by atoms with E-state index in [0.29, 0.717) is 0 Å². The normalized spacial score (nSPS) is 11.9. The van der Waals surface area contributed by atoms with Crippen LogP contribution in [0, 0.1) is 0 Å². The average molecular weight is 275 g/mol. The molecule has 12 heavy (non-hydrogen) atoms. The number of aromatic nitrogens is 4. The van der Waals surface area contributed by atoms with Gasteiger partial charge in [-0.15, -0.1) is 0 Å². The topological polar surface area (TPSA) is 54.5 Å². The predicted octanol–water partition coefficient (Wildman–Crippen LogP) is 0.915. The van der Waals surface area contributed by atoms with Gasteiger partial charge in [0.2, 0.25) is 0 Å². The maximum atomic E-state index is 4.15. The molecule has 0 unspecified atom stereocenters. The molecule has 0 radical (unpaired) electrons. The third kappa shape index (κ3) is 1.62. The van der Waals surface area contributed by atoms with Crippen molar-refractivity contribution in [2.75, 3.05) is 0 Å². The molecule has 1 heterocycles. The summed E-state index contributed by atoms with van der Waals surface area (Å²) in [6.45, 7) is 6.79. The van der Waals surface area contributed by atoms with Gasteiger partial charge in [0.05, 0.1) is 0 Å². The van der Waals surface area contributed by atoms with Gasteiger partial charge in [-0.1, -0.05) is 0 Å². The fraction of sp³-hybridized carbons (Fsp3) is 0.857. The Morgan fingerprint density at radius 3 is 2.08 bits per heavy atom. The Morgan fingerprint density at radius 1 is 1.17 bits per heavy atom. The number of hydrogen-bond acceptors (Lipinski definition) is 3. The summed E-state index contributed by atoms with van der Waals surface area (Å²) < 4.78 is 4.90. The van der Waals surface area contributed by atoms with E-state index in [0.717, 1.165) is 3.84 Å². The molecule has 0 aromatic carbocycles. The monoisotopic (exact) mass is 276 g/mol. The Bertz CT molecular complexity index is 209. The van der Waals surface area contributed by atoms with Crippen molar-refractivity contribution in [3.05, 3.63) is 0 Å². The number of hydrogen-bond donors (Lipinski definition) is 1. The van der Waals surface area contributed by atoms with Crippen molar-refractivity contribution in [1.29, 1.82) is 0 Å². The van der Waals surface area contributed by atoms with E-state index in [1.54, 1.807) is 0 Å². The summed E-state index contributed by atoms with van der Waals surface area (Å²) in [4.78, 5) is 0. The van der Waals surface area contributed by atoms with Crippen LogP contribution < -0.4 is 3.84 Å². The van der Waals surface area contributed by atoms with Crippen molar-refractivity contribution in [2.24, 2.45) is 0 Å². The van der Waals surface area contributed by atoms with Gasteiger partial charge in [-0.25, -0.2) is 0 Å². The summed E-state index contributed by atoms with van der Waals surface area (Å²) in [5, 5.41) is 14.5. The zero-order chi connectivity index (χ0) is 9.03. The SMILES string of the molecule is C[CH2][Sn]([CH2]C)([CH2]C)[c]1nn[nH]n1. The first-order valence-electron chi connectivity index (χ1n) is 4.53. The van der Waals surface area contributed by atoms with Gasteiger partial charge >= 0.3 is 76.9 Å². The van der Waals surface area contributed by atoms with Gasteiger partial charge in [0.25, 0.3) is 0 Å². The van der Waals surface area contributed by atoms with Crippen LogP contribution in [0.15, 0.2) is 0 Å². The fourth-order valence-electron chi connectivity index (χ4n) is 1.61. The van der Waals surface area contributed by atoms with E-state index in [9.17, 15) is 0 Å². The molecule has 4 nitrogen and oxygen atoms in total.